The van der Waals surface area contributed by atoms with Crippen molar-refractivity contribution in [2.24, 2.45) is 5.92 Å². The van der Waals surface area contributed by atoms with Crippen LogP contribution in [0.25, 0.3) is 0 Å². The molecule has 1 aliphatic carbocycles. The van der Waals surface area contributed by atoms with E-state index in [1.165, 1.54) is 51.5 Å². The molecule has 1 atom stereocenters. The van der Waals surface area contributed by atoms with Gasteiger partial charge < -0.3 is 10.1 Å². The van der Waals surface area contributed by atoms with Gasteiger partial charge in [0, 0.05) is 6.54 Å². The van der Waals surface area contributed by atoms with E-state index in [9.17, 15) is 0 Å². The summed E-state index contributed by atoms with van der Waals surface area (Å²) in [6, 6.07) is 0. The monoisotopic (exact) mass is 263 g/mol. The van der Waals surface area contributed by atoms with E-state index < -0.39 is 0 Å². The summed E-state index contributed by atoms with van der Waals surface area (Å²) in [6.45, 7) is 3.31. The molecule has 3 rings (SSSR count). The van der Waals surface area contributed by atoms with Crippen LogP contribution in [0.2, 0.25) is 0 Å². The van der Waals surface area contributed by atoms with Crippen molar-refractivity contribution >= 4 is 0 Å². The highest BCUT2D eigenvalue weighted by atomic mass is 16.5. The lowest BCUT2D eigenvalue weighted by Crippen LogP contribution is -2.32. The molecule has 2 aliphatic rings. The molecule has 2 heterocycles. The Bertz CT molecular complexity index is 344. The van der Waals surface area contributed by atoms with Gasteiger partial charge in [-0.1, -0.05) is 6.42 Å². The molecule has 0 spiro atoms. The first-order valence-corrected chi connectivity index (χ1v) is 7.80. The number of nitrogens with zero attached hydrogens (tertiary/aromatic N) is 2. The van der Waals surface area contributed by atoms with Crippen LogP contribution in [0.3, 0.4) is 0 Å². The number of rotatable bonds is 4. The minimum Gasteiger partial charge on any atom is -0.487 e. The highest BCUT2D eigenvalue weighted by molar-refractivity contribution is 5.12. The van der Waals surface area contributed by atoms with Crippen molar-refractivity contribution in [1.82, 2.24) is 15.1 Å². The van der Waals surface area contributed by atoms with Crippen molar-refractivity contribution < 1.29 is 4.74 Å². The van der Waals surface area contributed by atoms with Crippen molar-refractivity contribution in [3.63, 3.8) is 0 Å². The second-order valence-electron chi connectivity index (χ2n) is 5.99. The van der Waals surface area contributed by atoms with E-state index in [1.54, 1.807) is 0 Å². The van der Waals surface area contributed by atoms with Crippen molar-refractivity contribution in [2.45, 2.75) is 57.6 Å². The van der Waals surface area contributed by atoms with Gasteiger partial charge in [0.15, 0.2) is 5.75 Å². The largest absolute Gasteiger partial charge is 0.487 e. The van der Waals surface area contributed by atoms with Gasteiger partial charge in [0.1, 0.15) is 0 Å². The zero-order valence-electron chi connectivity index (χ0n) is 11.7. The summed E-state index contributed by atoms with van der Waals surface area (Å²) in [5, 5.41) is 7.89. The molecule has 0 bridgehead atoms. The van der Waals surface area contributed by atoms with Crippen LogP contribution in [0, 0.1) is 5.92 Å². The molecule has 106 valence electrons. The van der Waals surface area contributed by atoms with Gasteiger partial charge in [-0.2, -0.15) is 5.10 Å². The lowest BCUT2D eigenvalue weighted by atomic mass is 9.98. The Hall–Kier alpha value is -1.03. The highest BCUT2D eigenvalue weighted by Gasteiger charge is 2.17. The third kappa shape index (κ3) is 3.72. The van der Waals surface area contributed by atoms with Crippen molar-refractivity contribution in [3.8, 4) is 5.75 Å². The van der Waals surface area contributed by atoms with Crippen LogP contribution in [0.1, 0.15) is 44.9 Å². The summed E-state index contributed by atoms with van der Waals surface area (Å²) in [7, 11) is 0. The Morgan fingerprint density at radius 1 is 1.21 bits per heavy atom. The number of piperidine rings is 1. The summed E-state index contributed by atoms with van der Waals surface area (Å²) in [4.78, 5) is 0. The van der Waals surface area contributed by atoms with Crippen LogP contribution in [0.15, 0.2) is 12.4 Å². The Balaban J connectivity index is 1.50. The lowest BCUT2D eigenvalue weighted by molar-refractivity contribution is 0.154. The van der Waals surface area contributed by atoms with Crippen molar-refractivity contribution in [3.05, 3.63) is 12.4 Å². The van der Waals surface area contributed by atoms with Crippen LogP contribution in [0.5, 0.6) is 5.75 Å². The molecule has 1 aromatic heterocycles. The molecular formula is C15H25N3O. The molecule has 1 saturated carbocycles. The minimum atomic E-state index is 0.419. The topological polar surface area (TPSA) is 39.1 Å². The third-order valence-corrected chi connectivity index (χ3v) is 4.31. The molecule has 19 heavy (non-hydrogen) atoms. The summed E-state index contributed by atoms with van der Waals surface area (Å²) < 4.78 is 8.08. The maximum absolute atomic E-state index is 6.03. The quantitative estimate of drug-likeness (QED) is 0.907. The molecule has 2 fully saturated rings. The van der Waals surface area contributed by atoms with Gasteiger partial charge in [-0.25, -0.2) is 0 Å². The Morgan fingerprint density at radius 3 is 2.89 bits per heavy atom. The van der Waals surface area contributed by atoms with Gasteiger partial charge in [-0.05, 0) is 57.5 Å². The Labute approximate surface area is 115 Å². The van der Waals surface area contributed by atoms with E-state index in [4.69, 9.17) is 4.74 Å². The van der Waals surface area contributed by atoms with Gasteiger partial charge in [0.05, 0.1) is 18.5 Å². The van der Waals surface area contributed by atoms with Crippen LogP contribution in [-0.2, 0) is 6.54 Å². The van der Waals surface area contributed by atoms with Crippen LogP contribution in [0.4, 0.5) is 0 Å². The van der Waals surface area contributed by atoms with E-state index in [0.717, 1.165) is 24.8 Å². The second kappa shape index (κ2) is 6.42. The maximum Gasteiger partial charge on any atom is 0.157 e. The first-order chi connectivity index (χ1) is 9.40. The molecule has 4 nitrogen and oxygen atoms in total. The smallest absolute Gasteiger partial charge is 0.157 e. The SMILES string of the molecule is c1nn(CC2CCCNC2)cc1OC1CCCCC1. The Kier molecular flexibility index (Phi) is 4.38. The predicted molar refractivity (Wildman–Crippen MR) is 75.3 cm³/mol. The number of aromatic nitrogens is 2. The third-order valence-electron chi connectivity index (χ3n) is 4.31. The van der Waals surface area contributed by atoms with Crippen LogP contribution in [-0.4, -0.2) is 29.0 Å². The van der Waals surface area contributed by atoms with Crippen LogP contribution < -0.4 is 10.1 Å². The standard InChI is InChI=1S/C15H25N3O/c1-2-6-14(7-3-1)19-15-10-17-18(12-15)11-13-5-4-8-16-9-13/h10,12-14,16H,1-9,11H2. The first-order valence-electron chi connectivity index (χ1n) is 7.80. The molecule has 4 heteroatoms. The highest BCUT2D eigenvalue weighted by Crippen LogP contribution is 2.23. The summed E-state index contributed by atoms with van der Waals surface area (Å²) in [5.74, 6) is 1.67. The molecule has 1 N–H and O–H groups in total. The maximum atomic E-state index is 6.03. The van der Waals surface area contributed by atoms with Gasteiger partial charge in [-0.3, -0.25) is 4.68 Å². The normalized spacial score (nSPS) is 25.4. The van der Waals surface area contributed by atoms with E-state index >= 15 is 0 Å². The predicted octanol–water partition coefficient (Wildman–Crippen LogP) is 2.59. The van der Waals surface area contributed by atoms with Crippen LogP contribution >= 0.6 is 0 Å². The number of nitrogens with one attached hydrogen (secondary N) is 1. The van der Waals surface area contributed by atoms with Crippen molar-refractivity contribution in [2.75, 3.05) is 13.1 Å². The molecule has 0 aromatic carbocycles. The fraction of sp³-hybridized carbons (Fsp3) is 0.800. The van der Waals surface area contributed by atoms with Gasteiger partial charge in [-0.15, -0.1) is 0 Å². The fourth-order valence-corrected chi connectivity index (χ4v) is 3.23. The number of ether oxygens (including phenoxy) is 1. The summed E-state index contributed by atoms with van der Waals surface area (Å²) >= 11 is 0. The molecule has 0 amide bonds. The average molecular weight is 263 g/mol. The molecule has 1 aromatic rings. The summed E-state index contributed by atoms with van der Waals surface area (Å²) in [6.07, 6.45) is 13.4. The van der Waals surface area contributed by atoms with Gasteiger partial charge in [0.25, 0.3) is 0 Å². The van der Waals surface area contributed by atoms with E-state index in [1.807, 2.05) is 6.20 Å². The van der Waals surface area contributed by atoms with Crippen molar-refractivity contribution in [1.29, 1.82) is 0 Å². The Morgan fingerprint density at radius 2 is 2.11 bits per heavy atom. The zero-order valence-corrected chi connectivity index (χ0v) is 11.7. The lowest BCUT2D eigenvalue weighted by Gasteiger charge is -2.23. The number of hydrogen-bond acceptors (Lipinski definition) is 3. The number of hydrogen-bond donors (Lipinski definition) is 1. The summed E-state index contributed by atoms with van der Waals surface area (Å²) in [5.41, 5.74) is 0. The van der Waals surface area contributed by atoms with E-state index in [2.05, 4.69) is 21.3 Å². The fourth-order valence-electron chi connectivity index (χ4n) is 3.23. The molecular weight excluding hydrogens is 238 g/mol. The molecule has 1 saturated heterocycles. The average Bonchev–Trinajstić information content (AvgIpc) is 2.88. The minimum absolute atomic E-state index is 0.419. The molecule has 1 aliphatic heterocycles. The molecule has 0 radical (unpaired) electrons. The van der Waals surface area contributed by atoms with E-state index in [-0.39, 0.29) is 0 Å². The van der Waals surface area contributed by atoms with Gasteiger partial charge >= 0.3 is 0 Å². The second-order valence-corrected chi connectivity index (χ2v) is 5.99. The van der Waals surface area contributed by atoms with E-state index in [0.29, 0.717) is 6.10 Å². The zero-order chi connectivity index (χ0) is 12.9. The van der Waals surface area contributed by atoms with Gasteiger partial charge in [0.2, 0.25) is 0 Å². The first kappa shape index (κ1) is 13.0. The molecule has 1 unspecified atom stereocenters.